The van der Waals surface area contributed by atoms with Crippen LogP contribution in [-0.4, -0.2) is 35.4 Å². The van der Waals surface area contributed by atoms with Gasteiger partial charge in [-0.2, -0.15) is 0 Å². The minimum absolute atomic E-state index is 0.00224. The van der Waals surface area contributed by atoms with Crippen LogP contribution in [0.15, 0.2) is 78.9 Å². The molecule has 2 atom stereocenters. The van der Waals surface area contributed by atoms with Crippen molar-refractivity contribution in [1.29, 1.82) is 0 Å². The number of hydrogen-bond donors (Lipinski definition) is 1. The van der Waals surface area contributed by atoms with Crippen LogP contribution in [-0.2, 0) is 22.6 Å². The average molecular weight is 493 g/mol. The number of carbonyl (C=O) groups is 2. The zero-order valence-corrected chi connectivity index (χ0v) is 21.3. The van der Waals surface area contributed by atoms with Crippen molar-refractivity contribution < 1.29 is 14.3 Å². The number of benzene rings is 3. The summed E-state index contributed by atoms with van der Waals surface area (Å²) >= 11 is 5.96. The molecule has 6 heteroatoms. The highest BCUT2D eigenvalue weighted by Crippen LogP contribution is 2.18. The van der Waals surface area contributed by atoms with Crippen molar-refractivity contribution in [2.45, 2.75) is 52.2 Å². The monoisotopic (exact) mass is 492 g/mol. The van der Waals surface area contributed by atoms with Gasteiger partial charge in [-0.25, -0.2) is 0 Å². The van der Waals surface area contributed by atoms with E-state index in [4.69, 9.17) is 16.3 Å². The third kappa shape index (κ3) is 8.15. The average Bonchev–Trinajstić information content (AvgIpc) is 2.87. The smallest absolute Gasteiger partial charge is 0.261 e. The number of carbonyl (C=O) groups excluding carboxylic acids is 2. The Labute approximate surface area is 213 Å². The van der Waals surface area contributed by atoms with Crippen LogP contribution in [0.2, 0.25) is 5.02 Å². The summed E-state index contributed by atoms with van der Waals surface area (Å²) in [5.74, 6) is 0.109. The zero-order valence-electron chi connectivity index (χ0n) is 20.5. The van der Waals surface area contributed by atoms with E-state index in [1.165, 1.54) is 0 Å². The summed E-state index contributed by atoms with van der Waals surface area (Å²) in [5.41, 5.74) is 3.06. The molecule has 0 aliphatic carbocycles. The van der Waals surface area contributed by atoms with Crippen LogP contribution < -0.4 is 10.1 Å². The summed E-state index contributed by atoms with van der Waals surface area (Å²) in [6, 6.07) is 23.9. The highest BCUT2D eigenvalue weighted by Gasteiger charge is 2.31. The van der Waals surface area contributed by atoms with Crippen LogP contribution in [0.1, 0.15) is 37.0 Å². The maximum absolute atomic E-state index is 13.5. The molecule has 0 saturated carbocycles. The first kappa shape index (κ1) is 26.3. The topological polar surface area (TPSA) is 58.6 Å². The van der Waals surface area contributed by atoms with Gasteiger partial charge in [-0.15, -0.1) is 0 Å². The van der Waals surface area contributed by atoms with E-state index < -0.39 is 6.04 Å². The number of nitrogens with one attached hydrogen (secondary N) is 1. The van der Waals surface area contributed by atoms with Crippen molar-refractivity contribution in [2.24, 2.45) is 0 Å². The number of halogens is 1. The fraction of sp³-hybridized carbons (Fsp3) is 0.310. The molecule has 3 aromatic rings. The van der Waals surface area contributed by atoms with Crippen molar-refractivity contribution in [1.82, 2.24) is 10.2 Å². The molecule has 0 unspecified atom stereocenters. The standard InChI is InChI=1S/C29H33ClN2O3/c1-4-22(3)31-29(34)27(18-23-8-6-5-7-9-23)32(19-24-12-10-21(2)11-13-24)28(33)20-35-26-16-14-25(30)15-17-26/h5-17,22,27H,4,18-20H2,1-3H3,(H,31,34)/t22-,27-/m1/s1. The number of amides is 2. The first-order chi connectivity index (χ1) is 16.9. The first-order valence-corrected chi connectivity index (χ1v) is 12.3. The van der Waals surface area contributed by atoms with Crippen LogP contribution in [0, 0.1) is 6.92 Å². The van der Waals surface area contributed by atoms with Gasteiger partial charge in [0.05, 0.1) is 0 Å². The molecule has 1 N–H and O–H groups in total. The van der Waals surface area contributed by atoms with E-state index in [9.17, 15) is 9.59 Å². The summed E-state index contributed by atoms with van der Waals surface area (Å²) in [6.07, 6.45) is 1.21. The minimum atomic E-state index is -0.686. The van der Waals surface area contributed by atoms with Gasteiger partial charge in [-0.1, -0.05) is 78.7 Å². The molecule has 0 aromatic heterocycles. The molecule has 5 nitrogen and oxygen atoms in total. The molecule has 0 saturated heterocycles. The highest BCUT2D eigenvalue weighted by molar-refractivity contribution is 6.30. The third-order valence-corrected chi connectivity index (χ3v) is 6.17. The summed E-state index contributed by atoms with van der Waals surface area (Å²) in [5, 5.41) is 3.66. The Bertz CT molecular complexity index is 1090. The first-order valence-electron chi connectivity index (χ1n) is 11.9. The summed E-state index contributed by atoms with van der Waals surface area (Å²) < 4.78 is 5.76. The molecule has 0 fully saturated rings. The quantitative estimate of drug-likeness (QED) is 0.380. The van der Waals surface area contributed by atoms with Crippen LogP contribution in [0.5, 0.6) is 5.75 Å². The Kier molecular flexibility index (Phi) is 9.74. The van der Waals surface area contributed by atoms with Crippen molar-refractivity contribution in [3.05, 3.63) is 101 Å². The number of nitrogens with zero attached hydrogens (tertiary/aromatic N) is 1. The van der Waals surface area contributed by atoms with E-state index in [-0.39, 0.29) is 24.5 Å². The summed E-state index contributed by atoms with van der Waals surface area (Å²) in [6.45, 7) is 6.12. The molecule has 0 aliphatic heterocycles. The Morgan fingerprint density at radius 3 is 2.23 bits per heavy atom. The molecule has 0 spiro atoms. The van der Waals surface area contributed by atoms with Crippen molar-refractivity contribution in [2.75, 3.05) is 6.61 Å². The lowest BCUT2D eigenvalue weighted by atomic mass is 10.0. The van der Waals surface area contributed by atoms with Gasteiger partial charge in [0, 0.05) is 24.0 Å². The number of rotatable bonds is 11. The minimum Gasteiger partial charge on any atom is -0.484 e. The van der Waals surface area contributed by atoms with Gasteiger partial charge in [0.25, 0.3) is 5.91 Å². The van der Waals surface area contributed by atoms with Crippen LogP contribution >= 0.6 is 11.6 Å². The zero-order chi connectivity index (χ0) is 25.2. The molecule has 3 aromatic carbocycles. The second-order valence-corrected chi connectivity index (χ2v) is 9.21. The van der Waals surface area contributed by atoms with Crippen molar-refractivity contribution in [3.8, 4) is 5.75 Å². The lowest BCUT2D eigenvalue weighted by Crippen LogP contribution is -2.53. The predicted octanol–water partition coefficient (Wildman–Crippen LogP) is 5.58. The molecular weight excluding hydrogens is 460 g/mol. The van der Waals surface area contributed by atoms with Gasteiger partial charge >= 0.3 is 0 Å². The number of ether oxygens (including phenoxy) is 1. The normalized spacial score (nSPS) is 12.5. The van der Waals surface area contributed by atoms with E-state index in [1.807, 2.05) is 75.4 Å². The molecule has 0 radical (unpaired) electrons. The van der Waals surface area contributed by atoms with Crippen molar-refractivity contribution >= 4 is 23.4 Å². The Balaban J connectivity index is 1.89. The highest BCUT2D eigenvalue weighted by atomic mass is 35.5. The van der Waals surface area contributed by atoms with Gasteiger partial charge in [-0.05, 0) is 55.7 Å². The third-order valence-electron chi connectivity index (χ3n) is 5.92. The SMILES string of the molecule is CC[C@@H](C)NC(=O)[C@@H](Cc1ccccc1)N(Cc1ccc(C)cc1)C(=O)COc1ccc(Cl)cc1. The predicted molar refractivity (Wildman–Crippen MR) is 141 cm³/mol. The second-order valence-electron chi connectivity index (χ2n) is 8.77. The number of hydrogen-bond acceptors (Lipinski definition) is 3. The van der Waals surface area contributed by atoms with Gasteiger partial charge in [-0.3, -0.25) is 9.59 Å². The largest absolute Gasteiger partial charge is 0.484 e. The second kappa shape index (κ2) is 13.0. The summed E-state index contributed by atoms with van der Waals surface area (Å²) in [7, 11) is 0. The van der Waals surface area contributed by atoms with Crippen LogP contribution in [0.4, 0.5) is 0 Å². The molecule has 0 heterocycles. The van der Waals surface area contributed by atoms with E-state index in [1.54, 1.807) is 29.2 Å². The van der Waals surface area contributed by atoms with Gasteiger partial charge in [0.1, 0.15) is 11.8 Å². The maximum Gasteiger partial charge on any atom is 0.261 e. The fourth-order valence-corrected chi connectivity index (χ4v) is 3.77. The Hall–Kier alpha value is -3.31. The van der Waals surface area contributed by atoms with Crippen LogP contribution in [0.3, 0.4) is 0 Å². The molecular formula is C29H33ClN2O3. The molecule has 2 amide bonds. The van der Waals surface area contributed by atoms with Crippen molar-refractivity contribution in [3.63, 3.8) is 0 Å². The molecule has 0 aliphatic rings. The fourth-order valence-electron chi connectivity index (χ4n) is 3.64. The van der Waals surface area contributed by atoms with Gasteiger partial charge < -0.3 is 15.0 Å². The van der Waals surface area contributed by atoms with Crippen LogP contribution in [0.25, 0.3) is 0 Å². The molecule has 0 bridgehead atoms. The molecule has 3 rings (SSSR count). The molecule has 35 heavy (non-hydrogen) atoms. The lowest BCUT2D eigenvalue weighted by molar-refractivity contribution is -0.143. The Morgan fingerprint density at radius 1 is 0.943 bits per heavy atom. The summed E-state index contributed by atoms with van der Waals surface area (Å²) in [4.78, 5) is 28.6. The molecule has 184 valence electrons. The van der Waals surface area contributed by atoms with E-state index >= 15 is 0 Å². The van der Waals surface area contributed by atoms with Gasteiger partial charge in [0.15, 0.2) is 6.61 Å². The lowest BCUT2D eigenvalue weighted by Gasteiger charge is -2.32. The maximum atomic E-state index is 13.5. The van der Waals surface area contributed by atoms with Gasteiger partial charge in [0.2, 0.25) is 5.91 Å². The Morgan fingerprint density at radius 2 is 1.60 bits per heavy atom. The number of aryl methyl sites for hydroxylation is 1. The van der Waals surface area contributed by atoms with E-state index in [2.05, 4.69) is 5.32 Å². The van der Waals surface area contributed by atoms with E-state index in [0.29, 0.717) is 23.7 Å². The van der Waals surface area contributed by atoms with E-state index in [0.717, 1.165) is 23.1 Å².